The third-order valence-electron chi connectivity index (χ3n) is 6.39. The number of carbonyl (C=O) groups is 2. The van der Waals surface area contributed by atoms with E-state index in [2.05, 4.69) is 5.32 Å². The van der Waals surface area contributed by atoms with Gasteiger partial charge in [-0.25, -0.2) is 13.6 Å². The molecule has 192 valence electrons. The summed E-state index contributed by atoms with van der Waals surface area (Å²) in [6.45, 7) is 5.19. The molecule has 0 spiro atoms. The van der Waals surface area contributed by atoms with Crippen molar-refractivity contribution in [1.29, 1.82) is 0 Å². The molecule has 0 radical (unpaired) electrons. The van der Waals surface area contributed by atoms with Crippen molar-refractivity contribution in [3.05, 3.63) is 87.8 Å². The second-order valence-corrected chi connectivity index (χ2v) is 8.87. The van der Waals surface area contributed by atoms with E-state index >= 15 is 0 Å². The maximum Gasteiger partial charge on any atom is 0.343 e. The molecule has 0 saturated heterocycles. The molecule has 0 unspecified atom stereocenters. The number of esters is 1. The average Bonchev–Trinajstić information content (AvgIpc) is 2.88. The van der Waals surface area contributed by atoms with Crippen LogP contribution < -0.4 is 10.7 Å². The highest BCUT2D eigenvalue weighted by atomic mass is 19.1. The summed E-state index contributed by atoms with van der Waals surface area (Å²) in [5, 5.41) is 3.06. The van der Waals surface area contributed by atoms with Gasteiger partial charge in [-0.3, -0.25) is 9.59 Å². The molecule has 3 aromatic rings. The number of hydrogen-bond donors (Lipinski definition) is 1. The molecule has 1 heterocycles. The minimum Gasteiger partial charge on any atom is -0.462 e. The molecule has 1 aromatic heterocycles. The number of nitrogens with one attached hydrogen (secondary N) is 1. The number of ether oxygens (including phenoxy) is 1. The van der Waals surface area contributed by atoms with Crippen LogP contribution in [0.2, 0.25) is 0 Å². The van der Waals surface area contributed by atoms with E-state index in [-0.39, 0.29) is 36.4 Å². The summed E-state index contributed by atoms with van der Waals surface area (Å²) in [6, 6.07) is 10.7. The van der Waals surface area contributed by atoms with Gasteiger partial charge in [-0.05, 0) is 73.4 Å². The Bertz CT molecular complexity index is 1470. The number of amides is 1. The van der Waals surface area contributed by atoms with Crippen LogP contribution in [-0.4, -0.2) is 23.1 Å². The number of nitrogens with zero attached hydrogens (tertiary/aromatic N) is 1. The van der Waals surface area contributed by atoms with Crippen LogP contribution in [0.1, 0.15) is 42.6 Å². The first-order chi connectivity index (χ1) is 17.7. The van der Waals surface area contributed by atoms with E-state index < -0.39 is 29.0 Å². The number of allylic oxidation sites excluding steroid dienone is 4. The number of anilines is 1. The van der Waals surface area contributed by atoms with Crippen molar-refractivity contribution in [2.75, 3.05) is 11.9 Å². The van der Waals surface area contributed by atoms with E-state index in [1.54, 1.807) is 42.7 Å². The molecule has 1 aliphatic rings. The predicted molar refractivity (Wildman–Crippen MR) is 140 cm³/mol. The number of aryl methyl sites for hydroxylation is 1. The average molecular weight is 507 g/mol. The molecule has 0 aliphatic heterocycles. The number of fused-ring (bicyclic) bond motifs is 1. The van der Waals surface area contributed by atoms with Crippen LogP contribution in [0.25, 0.3) is 22.0 Å². The summed E-state index contributed by atoms with van der Waals surface area (Å²) in [6.07, 6.45) is 4.49. The molecule has 0 atom stereocenters. The molecule has 4 rings (SSSR count). The van der Waals surface area contributed by atoms with Crippen LogP contribution in [0.5, 0.6) is 0 Å². The number of hydrogen-bond acceptors (Lipinski definition) is 4. The standard InChI is InChI=1S/C29H28F2N2O4/c1-4-27(34)32-19-11-9-18(10-12-19)20-14-26-21(13-17(20)3)28(35)23(29(36)37-5-2)16-33(26)15-22-24(30)7-6-8-25(22)31/h7-14,16,22H,4-6,15H2,1-3H3,(H,32,34). The number of carbonyl (C=O) groups excluding carboxylic acids is 2. The van der Waals surface area contributed by atoms with Crippen LogP contribution in [0, 0.1) is 12.8 Å². The predicted octanol–water partition coefficient (Wildman–Crippen LogP) is 6.23. The number of halogens is 2. The molecule has 0 saturated carbocycles. The van der Waals surface area contributed by atoms with Crippen LogP contribution in [-0.2, 0) is 16.1 Å². The zero-order chi connectivity index (χ0) is 26.7. The van der Waals surface area contributed by atoms with Gasteiger partial charge in [-0.2, -0.15) is 0 Å². The van der Waals surface area contributed by atoms with Gasteiger partial charge in [0.05, 0.1) is 18.0 Å². The van der Waals surface area contributed by atoms with Crippen molar-refractivity contribution >= 4 is 28.5 Å². The fraction of sp³-hybridized carbons (Fsp3) is 0.276. The lowest BCUT2D eigenvalue weighted by atomic mass is 9.96. The second kappa shape index (κ2) is 10.9. The van der Waals surface area contributed by atoms with Gasteiger partial charge in [-0.15, -0.1) is 0 Å². The van der Waals surface area contributed by atoms with Gasteiger partial charge in [0.25, 0.3) is 0 Å². The summed E-state index contributed by atoms with van der Waals surface area (Å²) in [5.41, 5.74) is 2.80. The third-order valence-corrected chi connectivity index (χ3v) is 6.39. The Hall–Kier alpha value is -4.07. The first-order valence-electron chi connectivity index (χ1n) is 12.2. The van der Waals surface area contributed by atoms with E-state index in [0.29, 0.717) is 17.6 Å². The van der Waals surface area contributed by atoms with E-state index in [1.807, 2.05) is 19.1 Å². The fourth-order valence-electron chi connectivity index (χ4n) is 4.42. The lowest BCUT2D eigenvalue weighted by molar-refractivity contribution is -0.115. The summed E-state index contributed by atoms with van der Waals surface area (Å²) >= 11 is 0. The molecular weight excluding hydrogens is 478 g/mol. The van der Waals surface area contributed by atoms with Crippen molar-refractivity contribution in [1.82, 2.24) is 4.57 Å². The van der Waals surface area contributed by atoms with Gasteiger partial charge >= 0.3 is 5.97 Å². The van der Waals surface area contributed by atoms with Crippen molar-refractivity contribution in [2.24, 2.45) is 5.92 Å². The smallest absolute Gasteiger partial charge is 0.343 e. The Balaban J connectivity index is 1.86. The molecule has 37 heavy (non-hydrogen) atoms. The third kappa shape index (κ3) is 5.38. The number of aromatic nitrogens is 1. The SMILES string of the molecule is CCOC(=O)c1cn(CC2C(F)=CCC=C2F)c2cc(-c3ccc(NC(=O)CC)cc3)c(C)cc2c1=O. The van der Waals surface area contributed by atoms with Gasteiger partial charge < -0.3 is 14.6 Å². The Kier molecular flexibility index (Phi) is 7.66. The first kappa shape index (κ1) is 26.0. The summed E-state index contributed by atoms with van der Waals surface area (Å²) < 4.78 is 35.8. The summed E-state index contributed by atoms with van der Waals surface area (Å²) in [4.78, 5) is 37.5. The molecule has 0 bridgehead atoms. The van der Waals surface area contributed by atoms with Gasteiger partial charge in [0.15, 0.2) is 0 Å². The van der Waals surface area contributed by atoms with Gasteiger partial charge in [0, 0.05) is 30.2 Å². The van der Waals surface area contributed by atoms with Crippen molar-refractivity contribution in [3.63, 3.8) is 0 Å². The monoisotopic (exact) mass is 506 g/mol. The zero-order valence-electron chi connectivity index (χ0n) is 20.9. The van der Waals surface area contributed by atoms with Crippen LogP contribution in [0.15, 0.2) is 71.2 Å². The van der Waals surface area contributed by atoms with Crippen LogP contribution in [0.3, 0.4) is 0 Å². The highest BCUT2D eigenvalue weighted by Crippen LogP contribution is 2.33. The van der Waals surface area contributed by atoms with E-state index in [4.69, 9.17) is 4.74 Å². The Morgan fingerprint density at radius 1 is 1.08 bits per heavy atom. The highest BCUT2D eigenvalue weighted by Gasteiger charge is 2.25. The minimum absolute atomic E-state index is 0.0837. The number of pyridine rings is 1. The van der Waals surface area contributed by atoms with E-state index in [1.165, 1.54) is 18.3 Å². The molecule has 1 aliphatic carbocycles. The van der Waals surface area contributed by atoms with E-state index in [0.717, 1.165) is 16.7 Å². The maximum absolute atomic E-state index is 14.6. The fourth-order valence-corrected chi connectivity index (χ4v) is 4.42. The lowest BCUT2D eigenvalue weighted by Gasteiger charge is -2.21. The van der Waals surface area contributed by atoms with Crippen molar-refractivity contribution < 1.29 is 23.1 Å². The molecule has 0 fully saturated rings. The van der Waals surface area contributed by atoms with Crippen LogP contribution >= 0.6 is 0 Å². The van der Waals surface area contributed by atoms with E-state index in [9.17, 15) is 23.2 Å². The highest BCUT2D eigenvalue weighted by molar-refractivity contribution is 5.95. The van der Waals surface area contributed by atoms with Crippen molar-refractivity contribution in [3.8, 4) is 11.1 Å². The largest absolute Gasteiger partial charge is 0.462 e. The summed E-state index contributed by atoms with van der Waals surface area (Å²) in [7, 11) is 0. The molecular formula is C29H28F2N2O4. The Morgan fingerprint density at radius 3 is 2.38 bits per heavy atom. The zero-order valence-corrected chi connectivity index (χ0v) is 20.9. The number of rotatable bonds is 7. The van der Waals surface area contributed by atoms with Gasteiger partial charge in [0.2, 0.25) is 11.3 Å². The topological polar surface area (TPSA) is 77.4 Å². The first-order valence-corrected chi connectivity index (χ1v) is 12.2. The molecule has 1 amide bonds. The van der Waals surface area contributed by atoms with Crippen molar-refractivity contribution in [2.45, 2.75) is 40.2 Å². The Labute approximate surface area is 213 Å². The lowest BCUT2D eigenvalue weighted by Crippen LogP contribution is -2.23. The quantitative estimate of drug-likeness (QED) is 0.386. The van der Waals surface area contributed by atoms with Gasteiger partial charge in [-0.1, -0.05) is 19.1 Å². The summed E-state index contributed by atoms with van der Waals surface area (Å²) in [5.74, 6) is -3.23. The van der Waals surface area contributed by atoms with Gasteiger partial charge in [0.1, 0.15) is 17.2 Å². The normalized spacial score (nSPS) is 13.8. The minimum atomic E-state index is -1.15. The Morgan fingerprint density at radius 2 is 1.76 bits per heavy atom. The molecule has 8 heteroatoms. The molecule has 6 nitrogen and oxygen atoms in total. The molecule has 2 aromatic carbocycles. The number of benzene rings is 2. The van der Waals surface area contributed by atoms with Crippen LogP contribution in [0.4, 0.5) is 14.5 Å². The maximum atomic E-state index is 14.6. The molecule has 1 N–H and O–H groups in total. The second-order valence-electron chi connectivity index (χ2n) is 8.87.